The van der Waals surface area contributed by atoms with E-state index in [1.165, 1.54) is 0 Å². The molecule has 8 heteroatoms. The lowest BCUT2D eigenvalue weighted by atomic mass is 9.78. The van der Waals surface area contributed by atoms with Gasteiger partial charge in [-0.05, 0) is 31.0 Å². The van der Waals surface area contributed by atoms with E-state index in [-0.39, 0.29) is 30.7 Å². The van der Waals surface area contributed by atoms with Gasteiger partial charge in [0.25, 0.3) is 0 Å². The largest absolute Gasteiger partial charge is 0.381 e. The van der Waals surface area contributed by atoms with E-state index in [2.05, 4.69) is 23.1 Å². The zero-order chi connectivity index (χ0) is 18.0. The highest BCUT2D eigenvalue weighted by Crippen LogP contribution is 2.32. The summed E-state index contributed by atoms with van der Waals surface area (Å²) in [5.41, 5.74) is 6.57. The summed E-state index contributed by atoms with van der Waals surface area (Å²) in [7, 11) is 0. The Balaban J connectivity index is 0.00000140. The molecule has 2 fully saturated rings. The number of para-hydroxylation sites is 1. The van der Waals surface area contributed by atoms with Crippen molar-refractivity contribution in [2.75, 3.05) is 50.8 Å². The molecule has 0 atom stereocenters. The summed E-state index contributed by atoms with van der Waals surface area (Å²) >= 11 is 0. The van der Waals surface area contributed by atoms with Crippen molar-refractivity contribution in [3.63, 3.8) is 0 Å². The molecule has 6 nitrogen and oxygen atoms in total. The second kappa shape index (κ2) is 9.74. The van der Waals surface area contributed by atoms with Gasteiger partial charge in [0.05, 0.1) is 10.9 Å². The van der Waals surface area contributed by atoms with Crippen LogP contribution in [0.3, 0.4) is 0 Å². The van der Waals surface area contributed by atoms with E-state index < -0.39 is 5.41 Å². The van der Waals surface area contributed by atoms with Crippen molar-refractivity contribution < 1.29 is 9.53 Å². The minimum Gasteiger partial charge on any atom is -0.381 e. The van der Waals surface area contributed by atoms with Gasteiger partial charge in [-0.15, -0.1) is 24.8 Å². The van der Waals surface area contributed by atoms with Crippen molar-refractivity contribution in [3.8, 4) is 0 Å². The molecule has 1 amide bonds. The van der Waals surface area contributed by atoms with Gasteiger partial charge in [-0.3, -0.25) is 4.79 Å². The summed E-state index contributed by atoms with van der Waals surface area (Å²) in [5, 5.41) is 1.15. The number of pyridine rings is 1. The van der Waals surface area contributed by atoms with Gasteiger partial charge in [0, 0.05) is 51.3 Å². The lowest BCUT2D eigenvalue weighted by Crippen LogP contribution is -2.56. The number of hydrogen-bond donors (Lipinski definition) is 1. The fraction of sp³-hybridized carbons (Fsp3) is 0.500. The van der Waals surface area contributed by atoms with E-state index in [9.17, 15) is 4.79 Å². The number of ether oxygens (including phenoxy) is 1. The van der Waals surface area contributed by atoms with Crippen LogP contribution in [0.15, 0.2) is 36.4 Å². The number of amides is 1. The van der Waals surface area contributed by atoms with E-state index in [1.807, 2.05) is 23.1 Å². The van der Waals surface area contributed by atoms with Crippen molar-refractivity contribution in [2.24, 2.45) is 11.1 Å². The maximum absolute atomic E-state index is 13.1. The summed E-state index contributed by atoms with van der Waals surface area (Å²) in [5.74, 6) is 1.19. The Hall–Kier alpha value is -1.60. The molecule has 0 saturated carbocycles. The molecule has 0 bridgehead atoms. The third-order valence-corrected chi connectivity index (χ3v) is 5.77. The van der Waals surface area contributed by atoms with Crippen molar-refractivity contribution >= 4 is 47.4 Å². The zero-order valence-electron chi connectivity index (χ0n) is 15.9. The number of carbonyl (C=O) groups excluding carboxylic acids is 1. The Bertz CT molecular complexity index is 791. The maximum atomic E-state index is 13.1. The molecule has 28 heavy (non-hydrogen) atoms. The second-order valence-corrected chi connectivity index (χ2v) is 7.24. The molecule has 1 aromatic heterocycles. The Labute approximate surface area is 178 Å². The molecule has 154 valence electrons. The number of benzene rings is 1. The van der Waals surface area contributed by atoms with Crippen molar-refractivity contribution in [1.29, 1.82) is 0 Å². The van der Waals surface area contributed by atoms with Crippen LogP contribution in [-0.2, 0) is 9.53 Å². The summed E-state index contributed by atoms with van der Waals surface area (Å²) < 4.78 is 5.43. The summed E-state index contributed by atoms with van der Waals surface area (Å²) in [6.07, 6.45) is 1.46. The average molecular weight is 427 g/mol. The average Bonchev–Trinajstić information content (AvgIpc) is 2.73. The summed E-state index contributed by atoms with van der Waals surface area (Å²) in [4.78, 5) is 22.1. The van der Waals surface area contributed by atoms with Crippen LogP contribution in [0.1, 0.15) is 12.8 Å². The minimum absolute atomic E-state index is 0. The molecule has 0 radical (unpaired) electrons. The molecule has 1 aromatic carbocycles. The Morgan fingerprint density at radius 2 is 1.71 bits per heavy atom. The first-order valence-corrected chi connectivity index (χ1v) is 9.40. The van der Waals surface area contributed by atoms with Gasteiger partial charge >= 0.3 is 0 Å². The third kappa shape index (κ3) is 4.35. The first kappa shape index (κ1) is 22.7. The van der Waals surface area contributed by atoms with Gasteiger partial charge in [-0.25, -0.2) is 4.98 Å². The topological polar surface area (TPSA) is 71.7 Å². The SMILES string of the molecule is Cl.Cl.NCC1(C(=O)N2CCN(c3ccc4ccccc4n3)CC2)CCOCC1. The maximum Gasteiger partial charge on any atom is 0.230 e. The van der Waals surface area contributed by atoms with Crippen LogP contribution in [0.2, 0.25) is 0 Å². The van der Waals surface area contributed by atoms with Crippen molar-refractivity contribution in [2.45, 2.75) is 12.8 Å². The van der Waals surface area contributed by atoms with E-state index in [4.69, 9.17) is 15.5 Å². The number of anilines is 1. The van der Waals surface area contributed by atoms with Crippen LogP contribution in [-0.4, -0.2) is 61.7 Å². The number of carbonyl (C=O) groups is 1. The van der Waals surface area contributed by atoms with Gasteiger partial charge in [0.1, 0.15) is 5.82 Å². The molecule has 4 rings (SSSR count). The highest BCUT2D eigenvalue weighted by Gasteiger charge is 2.42. The lowest BCUT2D eigenvalue weighted by molar-refractivity contribution is -0.147. The highest BCUT2D eigenvalue weighted by atomic mass is 35.5. The molecule has 0 unspecified atom stereocenters. The Morgan fingerprint density at radius 1 is 1.04 bits per heavy atom. The molecular weight excluding hydrogens is 399 g/mol. The molecule has 3 heterocycles. The number of piperazine rings is 1. The Kier molecular flexibility index (Phi) is 7.89. The fourth-order valence-corrected chi connectivity index (χ4v) is 3.97. The van der Waals surface area contributed by atoms with Gasteiger partial charge in [-0.1, -0.05) is 18.2 Å². The van der Waals surface area contributed by atoms with E-state index in [1.54, 1.807) is 0 Å². The van der Waals surface area contributed by atoms with E-state index >= 15 is 0 Å². The quantitative estimate of drug-likeness (QED) is 0.815. The lowest BCUT2D eigenvalue weighted by Gasteiger charge is -2.42. The number of rotatable bonds is 3. The van der Waals surface area contributed by atoms with Crippen molar-refractivity contribution in [1.82, 2.24) is 9.88 Å². The van der Waals surface area contributed by atoms with Gasteiger partial charge in [-0.2, -0.15) is 0 Å². The molecular formula is C20H28Cl2N4O2. The molecule has 2 aliphatic heterocycles. The number of aromatic nitrogens is 1. The Morgan fingerprint density at radius 3 is 2.39 bits per heavy atom. The molecule has 2 aliphatic rings. The van der Waals surface area contributed by atoms with Gasteiger partial charge in [0.2, 0.25) is 5.91 Å². The number of fused-ring (bicyclic) bond motifs is 1. The van der Waals surface area contributed by atoms with Crippen LogP contribution >= 0.6 is 24.8 Å². The summed E-state index contributed by atoms with van der Waals surface area (Å²) in [6, 6.07) is 12.3. The van der Waals surface area contributed by atoms with Crippen LogP contribution in [0.5, 0.6) is 0 Å². The molecule has 2 N–H and O–H groups in total. The summed E-state index contributed by atoms with van der Waals surface area (Å²) in [6.45, 7) is 4.70. The minimum atomic E-state index is -0.429. The highest BCUT2D eigenvalue weighted by molar-refractivity contribution is 5.86. The number of halogens is 2. The zero-order valence-corrected chi connectivity index (χ0v) is 17.5. The normalized spacial score (nSPS) is 18.9. The number of nitrogens with two attached hydrogens (primary N) is 1. The monoisotopic (exact) mass is 426 g/mol. The van der Waals surface area contributed by atoms with E-state index in [0.29, 0.717) is 19.8 Å². The first-order valence-electron chi connectivity index (χ1n) is 9.40. The van der Waals surface area contributed by atoms with Crippen LogP contribution in [0.4, 0.5) is 5.82 Å². The predicted octanol–water partition coefficient (Wildman–Crippen LogP) is 2.48. The van der Waals surface area contributed by atoms with E-state index in [0.717, 1.165) is 55.7 Å². The molecule has 2 saturated heterocycles. The van der Waals surface area contributed by atoms with Crippen LogP contribution in [0, 0.1) is 5.41 Å². The molecule has 2 aromatic rings. The standard InChI is InChI=1S/C20H26N4O2.2ClH/c21-15-20(7-13-26-14-8-20)19(25)24-11-9-23(10-12-24)18-6-5-16-3-1-2-4-17(16)22-18;;/h1-6H,7-15,21H2;2*1H. The smallest absolute Gasteiger partial charge is 0.230 e. The predicted molar refractivity (Wildman–Crippen MR) is 117 cm³/mol. The second-order valence-electron chi connectivity index (χ2n) is 7.24. The van der Waals surface area contributed by atoms with Gasteiger partial charge in [0.15, 0.2) is 0 Å². The van der Waals surface area contributed by atoms with Crippen molar-refractivity contribution in [3.05, 3.63) is 36.4 Å². The number of nitrogens with zero attached hydrogens (tertiary/aromatic N) is 3. The van der Waals surface area contributed by atoms with Crippen LogP contribution < -0.4 is 10.6 Å². The fourth-order valence-electron chi connectivity index (χ4n) is 3.97. The third-order valence-electron chi connectivity index (χ3n) is 5.77. The number of hydrogen-bond acceptors (Lipinski definition) is 5. The van der Waals surface area contributed by atoms with Crippen LogP contribution in [0.25, 0.3) is 10.9 Å². The molecule has 0 aliphatic carbocycles. The first-order chi connectivity index (χ1) is 12.7. The van der Waals surface area contributed by atoms with Gasteiger partial charge < -0.3 is 20.3 Å². The molecule has 0 spiro atoms.